The SMILES string of the molecule is COC(=O)C(c1cc([N+](=O)[O-])ccc1C)N(C)C. The molecule has 1 aromatic carbocycles. The van der Waals surface area contributed by atoms with E-state index in [4.69, 9.17) is 4.74 Å². The lowest BCUT2D eigenvalue weighted by atomic mass is 10.00. The van der Waals surface area contributed by atoms with Gasteiger partial charge in [-0.15, -0.1) is 0 Å². The molecule has 6 heteroatoms. The second kappa shape index (κ2) is 5.59. The lowest BCUT2D eigenvalue weighted by Crippen LogP contribution is -2.29. The van der Waals surface area contributed by atoms with Crippen molar-refractivity contribution in [2.45, 2.75) is 13.0 Å². The third-order valence-corrected chi connectivity index (χ3v) is 2.71. The van der Waals surface area contributed by atoms with Gasteiger partial charge in [-0.2, -0.15) is 0 Å². The number of nitro groups is 1. The summed E-state index contributed by atoms with van der Waals surface area (Å²) in [6.45, 7) is 1.80. The largest absolute Gasteiger partial charge is 0.468 e. The number of rotatable bonds is 4. The predicted molar refractivity (Wildman–Crippen MR) is 66.3 cm³/mol. The summed E-state index contributed by atoms with van der Waals surface area (Å²) in [6.07, 6.45) is 0. The molecular weight excluding hydrogens is 236 g/mol. The van der Waals surface area contributed by atoms with Crippen LogP contribution in [0.2, 0.25) is 0 Å². The minimum Gasteiger partial charge on any atom is -0.468 e. The van der Waals surface area contributed by atoms with Crippen molar-refractivity contribution in [3.05, 3.63) is 39.4 Å². The van der Waals surface area contributed by atoms with Crippen LogP contribution < -0.4 is 0 Å². The summed E-state index contributed by atoms with van der Waals surface area (Å²) in [5, 5.41) is 10.8. The lowest BCUT2D eigenvalue weighted by Gasteiger charge is -2.23. The monoisotopic (exact) mass is 252 g/mol. The zero-order chi connectivity index (χ0) is 13.9. The van der Waals surface area contributed by atoms with Gasteiger partial charge in [0.25, 0.3) is 5.69 Å². The van der Waals surface area contributed by atoms with E-state index < -0.39 is 16.9 Å². The summed E-state index contributed by atoms with van der Waals surface area (Å²) in [5.74, 6) is -0.441. The van der Waals surface area contributed by atoms with Crippen LogP contribution in [0.25, 0.3) is 0 Å². The van der Waals surface area contributed by atoms with E-state index >= 15 is 0 Å². The van der Waals surface area contributed by atoms with Gasteiger partial charge < -0.3 is 4.74 Å². The fraction of sp³-hybridized carbons (Fsp3) is 0.417. The van der Waals surface area contributed by atoms with Gasteiger partial charge in [-0.25, -0.2) is 4.79 Å². The number of nitrogens with zero attached hydrogens (tertiary/aromatic N) is 2. The number of benzene rings is 1. The van der Waals surface area contributed by atoms with E-state index in [1.54, 1.807) is 32.0 Å². The molecule has 98 valence electrons. The van der Waals surface area contributed by atoms with Gasteiger partial charge in [-0.05, 0) is 32.1 Å². The topological polar surface area (TPSA) is 72.7 Å². The number of hydrogen-bond acceptors (Lipinski definition) is 5. The van der Waals surface area contributed by atoms with Crippen LogP contribution in [0, 0.1) is 17.0 Å². The molecule has 0 N–H and O–H groups in total. The zero-order valence-electron chi connectivity index (χ0n) is 10.8. The highest BCUT2D eigenvalue weighted by Crippen LogP contribution is 2.27. The van der Waals surface area contributed by atoms with Crippen molar-refractivity contribution < 1.29 is 14.5 Å². The zero-order valence-corrected chi connectivity index (χ0v) is 10.8. The summed E-state index contributed by atoms with van der Waals surface area (Å²) in [4.78, 5) is 23.7. The Morgan fingerprint density at radius 3 is 2.50 bits per heavy atom. The van der Waals surface area contributed by atoms with Crippen molar-refractivity contribution >= 4 is 11.7 Å². The molecule has 0 bridgehead atoms. The number of carbonyl (C=O) groups excluding carboxylic acids is 1. The maximum atomic E-state index is 11.8. The van der Waals surface area contributed by atoms with Crippen LogP contribution in [-0.2, 0) is 9.53 Å². The molecule has 6 nitrogen and oxygen atoms in total. The molecule has 1 unspecified atom stereocenters. The standard InChI is InChI=1S/C12H16N2O4/c1-8-5-6-9(14(16)17)7-10(8)11(13(2)3)12(15)18-4/h5-7,11H,1-4H3. The quantitative estimate of drug-likeness (QED) is 0.463. The first kappa shape index (κ1) is 14.1. The molecule has 0 radical (unpaired) electrons. The number of ether oxygens (including phenoxy) is 1. The van der Waals surface area contributed by atoms with E-state index in [1.165, 1.54) is 19.2 Å². The Morgan fingerprint density at radius 1 is 1.44 bits per heavy atom. The molecule has 1 rings (SSSR count). The van der Waals surface area contributed by atoms with E-state index in [2.05, 4.69) is 0 Å². The van der Waals surface area contributed by atoms with Crippen molar-refractivity contribution in [1.29, 1.82) is 0 Å². The van der Waals surface area contributed by atoms with E-state index in [0.29, 0.717) is 5.56 Å². The fourth-order valence-electron chi connectivity index (χ4n) is 1.76. The number of likely N-dealkylation sites (N-methyl/N-ethyl adjacent to an activating group) is 1. The van der Waals surface area contributed by atoms with Gasteiger partial charge in [-0.3, -0.25) is 15.0 Å². The normalized spacial score (nSPS) is 12.3. The second-order valence-corrected chi connectivity index (χ2v) is 4.19. The summed E-state index contributed by atoms with van der Waals surface area (Å²) in [6, 6.07) is 3.82. The van der Waals surface area contributed by atoms with E-state index in [9.17, 15) is 14.9 Å². The van der Waals surface area contributed by atoms with Gasteiger partial charge in [0.05, 0.1) is 12.0 Å². The molecule has 0 heterocycles. The summed E-state index contributed by atoms with van der Waals surface area (Å²) in [7, 11) is 4.74. The Hall–Kier alpha value is -1.95. The number of non-ortho nitro benzene ring substituents is 1. The van der Waals surface area contributed by atoms with Crippen LogP contribution in [0.5, 0.6) is 0 Å². The molecular formula is C12H16N2O4. The first-order valence-electron chi connectivity index (χ1n) is 5.37. The van der Waals surface area contributed by atoms with Crippen molar-refractivity contribution in [3.63, 3.8) is 0 Å². The summed E-state index contributed by atoms with van der Waals surface area (Å²) < 4.78 is 4.73. The molecule has 0 fully saturated rings. The molecule has 1 atom stereocenters. The molecule has 0 aliphatic carbocycles. The molecule has 0 aliphatic rings. The van der Waals surface area contributed by atoms with Crippen molar-refractivity contribution in [3.8, 4) is 0 Å². The third-order valence-electron chi connectivity index (χ3n) is 2.71. The van der Waals surface area contributed by atoms with Gasteiger partial charge in [0, 0.05) is 12.1 Å². The Bertz CT molecular complexity index is 471. The summed E-state index contributed by atoms with van der Waals surface area (Å²) >= 11 is 0. The van der Waals surface area contributed by atoms with Gasteiger partial charge >= 0.3 is 5.97 Å². The first-order chi connectivity index (χ1) is 8.38. The summed E-state index contributed by atoms with van der Waals surface area (Å²) in [5.41, 5.74) is 1.36. The van der Waals surface area contributed by atoms with E-state index in [0.717, 1.165) is 5.56 Å². The molecule has 0 amide bonds. The van der Waals surface area contributed by atoms with Gasteiger partial charge in [0.1, 0.15) is 6.04 Å². The molecule has 0 aromatic heterocycles. The number of hydrogen-bond donors (Lipinski definition) is 0. The second-order valence-electron chi connectivity index (χ2n) is 4.19. The average Bonchev–Trinajstić information content (AvgIpc) is 2.30. The Balaban J connectivity index is 3.31. The number of methoxy groups -OCH3 is 1. The van der Waals surface area contributed by atoms with Crippen LogP contribution >= 0.6 is 0 Å². The Labute approximate surface area is 105 Å². The van der Waals surface area contributed by atoms with Crippen LogP contribution in [0.1, 0.15) is 17.2 Å². The number of aryl methyl sites for hydroxylation is 1. The number of nitro benzene ring substituents is 1. The fourth-order valence-corrected chi connectivity index (χ4v) is 1.76. The average molecular weight is 252 g/mol. The number of esters is 1. The predicted octanol–water partition coefficient (Wildman–Crippen LogP) is 1.68. The van der Waals surface area contributed by atoms with Gasteiger partial charge in [-0.1, -0.05) is 6.07 Å². The maximum Gasteiger partial charge on any atom is 0.327 e. The first-order valence-corrected chi connectivity index (χ1v) is 5.37. The van der Waals surface area contributed by atoms with E-state index in [1.807, 2.05) is 0 Å². The van der Waals surface area contributed by atoms with Crippen LogP contribution in [0.3, 0.4) is 0 Å². The highest BCUT2D eigenvalue weighted by Gasteiger charge is 2.26. The van der Waals surface area contributed by atoms with Crippen LogP contribution in [0.4, 0.5) is 5.69 Å². The van der Waals surface area contributed by atoms with E-state index in [-0.39, 0.29) is 5.69 Å². The Kier molecular flexibility index (Phi) is 4.38. The smallest absolute Gasteiger partial charge is 0.327 e. The minimum atomic E-state index is -0.644. The van der Waals surface area contributed by atoms with Crippen LogP contribution in [0.15, 0.2) is 18.2 Å². The number of carbonyl (C=O) groups is 1. The molecule has 1 aromatic rings. The highest BCUT2D eigenvalue weighted by atomic mass is 16.6. The van der Waals surface area contributed by atoms with Crippen molar-refractivity contribution in [1.82, 2.24) is 4.90 Å². The molecule has 0 saturated heterocycles. The van der Waals surface area contributed by atoms with Crippen molar-refractivity contribution in [2.75, 3.05) is 21.2 Å². The lowest BCUT2D eigenvalue weighted by molar-refractivity contribution is -0.385. The molecule has 0 aliphatic heterocycles. The van der Waals surface area contributed by atoms with Gasteiger partial charge in [0.15, 0.2) is 0 Å². The third kappa shape index (κ3) is 2.84. The molecule has 18 heavy (non-hydrogen) atoms. The van der Waals surface area contributed by atoms with Gasteiger partial charge in [0.2, 0.25) is 0 Å². The minimum absolute atomic E-state index is 0.0358. The molecule has 0 spiro atoms. The Morgan fingerprint density at radius 2 is 2.06 bits per heavy atom. The van der Waals surface area contributed by atoms with Crippen LogP contribution in [-0.4, -0.2) is 37.0 Å². The highest BCUT2D eigenvalue weighted by molar-refractivity contribution is 5.78. The maximum absolute atomic E-state index is 11.8. The van der Waals surface area contributed by atoms with Crippen molar-refractivity contribution in [2.24, 2.45) is 0 Å². The molecule has 0 saturated carbocycles.